The third-order valence-corrected chi connectivity index (χ3v) is 14.8. The first-order chi connectivity index (χ1) is 39.1. The van der Waals surface area contributed by atoms with Gasteiger partial charge in [-0.1, -0.05) is 175 Å². The minimum atomic E-state index is -0.652. The van der Waals surface area contributed by atoms with Gasteiger partial charge in [0, 0.05) is 53.0 Å². The first-order valence-corrected chi connectivity index (χ1v) is 29.4. The van der Waals surface area contributed by atoms with Crippen LogP contribution >= 0.6 is 71.0 Å². The molecule has 2 aliphatic heterocycles. The fourth-order valence-corrected chi connectivity index (χ4v) is 10.3. The molecule has 0 spiro atoms. The number of carbonyl (C=O) groups is 2. The van der Waals surface area contributed by atoms with Crippen molar-refractivity contribution in [3.05, 3.63) is 263 Å². The van der Waals surface area contributed by atoms with Crippen molar-refractivity contribution in [3.63, 3.8) is 0 Å². The molecule has 11 nitrogen and oxygen atoms in total. The number of hydrogen-bond donors (Lipinski definition) is 2. The molecular weight excluding hydrogens is 1320 g/mol. The molecule has 0 aromatic heterocycles. The number of rotatable bonds is 13. The molecular formula is C67H67Br3Cl2KN4O7-. The quantitative estimate of drug-likeness (QED) is 0.0662. The van der Waals surface area contributed by atoms with E-state index in [0.717, 1.165) is 87.2 Å². The third kappa shape index (κ3) is 20.4. The van der Waals surface area contributed by atoms with Gasteiger partial charge in [-0.2, -0.15) is 20.8 Å². The molecule has 17 heteroatoms. The van der Waals surface area contributed by atoms with Gasteiger partial charge in [0.2, 0.25) is 5.91 Å². The maximum absolute atomic E-state index is 14.2. The van der Waals surface area contributed by atoms with Crippen LogP contribution in [-0.4, -0.2) is 65.7 Å². The molecule has 2 heterocycles. The summed E-state index contributed by atoms with van der Waals surface area (Å²) >= 11 is 23.1. The number of benzene rings is 8. The number of methoxy groups -OCH3 is 2. The molecule has 434 valence electrons. The fourth-order valence-electron chi connectivity index (χ4n) is 8.71. The Balaban J connectivity index is 0.000000293. The van der Waals surface area contributed by atoms with Crippen molar-refractivity contribution in [2.24, 2.45) is 9.98 Å². The van der Waals surface area contributed by atoms with Gasteiger partial charge in [0.25, 0.3) is 5.91 Å². The van der Waals surface area contributed by atoms with E-state index < -0.39 is 6.04 Å². The monoisotopic (exact) mass is 1390 g/mol. The number of aliphatic imine (C=N–C) groups is 2. The van der Waals surface area contributed by atoms with Gasteiger partial charge in [-0.3, -0.25) is 19.6 Å². The van der Waals surface area contributed by atoms with Gasteiger partial charge in [-0.25, -0.2) is 0 Å². The number of ether oxygens (including phenoxy) is 2. The largest absolute Gasteiger partial charge is 1.00 e. The molecule has 0 bridgehead atoms. The summed E-state index contributed by atoms with van der Waals surface area (Å²) in [6, 6.07) is 57.0. The smallest absolute Gasteiger partial charge is 0.870 e. The molecule has 84 heavy (non-hydrogen) atoms. The summed E-state index contributed by atoms with van der Waals surface area (Å²) < 4.78 is 12.6. The van der Waals surface area contributed by atoms with Crippen LogP contribution in [-0.2, 0) is 47.6 Å². The number of fused-ring (bicyclic) bond motifs is 2. The van der Waals surface area contributed by atoms with Crippen molar-refractivity contribution in [2.45, 2.75) is 72.3 Å². The summed E-state index contributed by atoms with van der Waals surface area (Å²) in [6.45, 7) is 7.01. The van der Waals surface area contributed by atoms with E-state index in [9.17, 15) is 19.8 Å². The normalized spacial score (nSPS) is 13.1. The SMILES string of the molecule is BrCc1cccc(Br)c1.C.COc1ccc(CN2C(=O)C(Cc3cccc(Br)c3)N=C(c3ccc(CO)cc3)c3cc(Cl)ccc32)cc1.COc1ccc(CN2C(=O)CN=C(c3ccc(CO)cc3)c3cc(Cl)ccc32)cc1.C[C-](C)C.[K+].[OH-]. The number of hydrogen-bond acceptors (Lipinski definition) is 9. The van der Waals surface area contributed by atoms with Crippen molar-refractivity contribution in [1.82, 2.24) is 0 Å². The molecule has 1 unspecified atom stereocenters. The first kappa shape index (κ1) is 71.7. The molecule has 0 radical (unpaired) electrons. The van der Waals surface area contributed by atoms with E-state index in [1.54, 1.807) is 36.2 Å². The number of aliphatic hydroxyl groups is 2. The van der Waals surface area contributed by atoms with Gasteiger partial charge in [0.05, 0.1) is 63.3 Å². The summed E-state index contributed by atoms with van der Waals surface area (Å²) in [5.41, 5.74) is 12.1. The maximum atomic E-state index is 14.2. The van der Waals surface area contributed by atoms with Gasteiger partial charge in [-0.05, 0) is 118 Å². The molecule has 0 fully saturated rings. The molecule has 0 aliphatic carbocycles. The van der Waals surface area contributed by atoms with E-state index in [-0.39, 0.29) is 95.9 Å². The van der Waals surface area contributed by atoms with Crippen molar-refractivity contribution in [2.75, 3.05) is 30.6 Å². The van der Waals surface area contributed by atoms with E-state index >= 15 is 0 Å². The predicted molar refractivity (Wildman–Crippen MR) is 349 cm³/mol. The second-order valence-corrected chi connectivity index (χ2v) is 22.7. The zero-order chi connectivity index (χ0) is 58.0. The van der Waals surface area contributed by atoms with Crippen LogP contribution in [0, 0.1) is 5.92 Å². The number of alkyl halides is 1. The van der Waals surface area contributed by atoms with E-state index in [4.69, 9.17) is 37.7 Å². The first-order valence-electron chi connectivity index (χ1n) is 25.9. The van der Waals surface area contributed by atoms with Gasteiger partial charge < -0.3 is 40.9 Å². The van der Waals surface area contributed by atoms with Gasteiger partial charge in [0.15, 0.2) is 0 Å². The number of nitrogens with zero attached hydrogens (tertiary/aromatic N) is 4. The minimum Gasteiger partial charge on any atom is -0.870 e. The topological polar surface area (TPSA) is 154 Å². The number of aliphatic hydroxyl groups excluding tert-OH is 2. The Hall–Kier alpha value is -4.82. The number of benzodiazepines with no additional fused rings is 2. The zero-order valence-corrected chi connectivity index (χ0v) is 56.4. The van der Waals surface area contributed by atoms with Crippen LogP contribution in [0.1, 0.15) is 83.8 Å². The fraction of sp³-hybridized carbons (Fsp3) is 0.209. The van der Waals surface area contributed by atoms with Crippen molar-refractivity contribution in [1.29, 1.82) is 0 Å². The summed E-state index contributed by atoms with van der Waals surface area (Å²) in [4.78, 5) is 40.4. The average Bonchev–Trinajstić information content (AvgIpc) is 3.89. The van der Waals surface area contributed by atoms with Crippen molar-refractivity contribution in [3.8, 4) is 11.5 Å². The Morgan fingerprint density at radius 3 is 1.43 bits per heavy atom. The third-order valence-electron chi connectivity index (χ3n) is 12.7. The van der Waals surface area contributed by atoms with Crippen LogP contribution in [0.15, 0.2) is 201 Å². The number of amides is 2. The Morgan fingerprint density at radius 1 is 0.571 bits per heavy atom. The zero-order valence-electron chi connectivity index (χ0n) is 47.0. The van der Waals surface area contributed by atoms with Crippen LogP contribution in [0.3, 0.4) is 0 Å². The summed E-state index contributed by atoms with van der Waals surface area (Å²) in [7, 11) is 3.26. The molecule has 10 rings (SSSR count). The van der Waals surface area contributed by atoms with Gasteiger partial charge in [-0.15, -0.1) is 0 Å². The van der Waals surface area contributed by atoms with E-state index in [1.165, 1.54) is 11.5 Å². The number of halogens is 5. The Morgan fingerprint density at radius 2 is 0.988 bits per heavy atom. The maximum Gasteiger partial charge on any atom is 1.00 e. The summed E-state index contributed by atoms with van der Waals surface area (Å²) in [5.74, 6) is 2.76. The molecule has 1 atom stereocenters. The molecule has 8 aromatic carbocycles. The summed E-state index contributed by atoms with van der Waals surface area (Å²) in [5, 5.41) is 20.9. The Labute approximate surface area is 572 Å². The predicted octanol–water partition coefficient (Wildman–Crippen LogP) is 13.3. The van der Waals surface area contributed by atoms with Crippen molar-refractivity contribution >= 4 is 106 Å². The Bertz CT molecular complexity index is 3460. The van der Waals surface area contributed by atoms with Gasteiger partial charge in [0.1, 0.15) is 24.1 Å². The van der Waals surface area contributed by atoms with Crippen LogP contribution in [0.4, 0.5) is 11.4 Å². The van der Waals surface area contributed by atoms with E-state index in [0.29, 0.717) is 41.0 Å². The molecule has 3 N–H and O–H groups in total. The van der Waals surface area contributed by atoms with Crippen LogP contribution in [0.25, 0.3) is 0 Å². The molecule has 0 saturated carbocycles. The van der Waals surface area contributed by atoms with Crippen LogP contribution in [0.2, 0.25) is 10.0 Å². The van der Waals surface area contributed by atoms with Crippen LogP contribution in [0.5, 0.6) is 11.5 Å². The Kier molecular flexibility index (Phi) is 30.5. The molecule has 2 amide bonds. The van der Waals surface area contributed by atoms with Crippen molar-refractivity contribution < 1.29 is 86.1 Å². The average molecular weight is 1390 g/mol. The van der Waals surface area contributed by atoms with E-state index in [1.807, 2.05) is 158 Å². The second-order valence-electron chi connectivity index (χ2n) is 19.4. The summed E-state index contributed by atoms with van der Waals surface area (Å²) in [6.07, 6.45) is 0.442. The second kappa shape index (κ2) is 35.7. The van der Waals surface area contributed by atoms with E-state index in [2.05, 4.69) is 85.7 Å². The van der Waals surface area contributed by atoms with Crippen LogP contribution < -0.4 is 70.7 Å². The molecule has 8 aromatic rings. The molecule has 0 saturated heterocycles. The standard InChI is InChI=1S/C31H26BrClN2O3.C24H21ClN2O3.C7H6Br2.C4H9.CH4.K.H2O/c1-38-26-12-7-20(8-13-26)18-35-29-14-11-25(33)17-27(29)30(23-9-5-21(19-36)6-10-23)34-28(31(35)37)16-22-3-2-4-24(32)15-22;1-30-20-9-4-16(5-10-20)14-27-22-11-8-19(25)12-21(22)24(26-13-23(27)29)18-6-2-17(15-28)3-7-18;8-5-6-2-1-3-7(9)4-6;1-4(2)3;;;/h2-15,17,28,36H,16,18-19H2,1H3;2-12,28H,13-15H2,1H3;1-4H,5H2;1-3H3;1H4;;1H2/q;;;-1;;+1;/p-1. The minimum absolute atomic E-state index is 0. The molecule has 2 aliphatic rings. The van der Waals surface area contributed by atoms with Gasteiger partial charge >= 0.3 is 51.4 Å². The number of anilines is 2. The number of carbonyl (C=O) groups excluding carboxylic acids is 2.